The maximum Gasteiger partial charge on any atom is 0.250 e. The molecule has 2 rings (SSSR count). The molecule has 2 amide bonds. The van der Waals surface area contributed by atoms with Gasteiger partial charge in [-0.15, -0.1) is 0 Å². The fraction of sp³-hybridized carbons (Fsp3) is 0.385. The zero-order valence-electron chi connectivity index (χ0n) is 10.5. The summed E-state index contributed by atoms with van der Waals surface area (Å²) in [5.41, 5.74) is 0.194. The van der Waals surface area contributed by atoms with Crippen molar-refractivity contribution in [2.75, 3.05) is 11.4 Å². The number of benzene rings is 1. The van der Waals surface area contributed by atoms with Crippen LogP contribution in [0.15, 0.2) is 18.2 Å². The summed E-state index contributed by atoms with van der Waals surface area (Å²) in [5, 5.41) is 2.59. The van der Waals surface area contributed by atoms with Crippen LogP contribution in [0.25, 0.3) is 0 Å². The second kappa shape index (κ2) is 5.34. The lowest BCUT2D eigenvalue weighted by Gasteiger charge is -2.32. The minimum absolute atomic E-state index is 0.176. The number of carbonyl (C=O) groups excluding carboxylic acids is 2. The van der Waals surface area contributed by atoms with Crippen molar-refractivity contribution in [3.8, 4) is 0 Å². The molecular weight excluding hydrogens is 254 g/mol. The van der Waals surface area contributed by atoms with Crippen molar-refractivity contribution in [1.82, 2.24) is 5.32 Å². The molecule has 4 nitrogen and oxygen atoms in total. The van der Waals surface area contributed by atoms with Crippen LogP contribution in [0.1, 0.15) is 19.8 Å². The smallest absolute Gasteiger partial charge is 0.250 e. The van der Waals surface area contributed by atoms with Crippen LogP contribution >= 0.6 is 0 Å². The molecule has 1 aliphatic rings. The summed E-state index contributed by atoms with van der Waals surface area (Å²) in [4.78, 5) is 24.9. The predicted molar refractivity (Wildman–Crippen MR) is 65.5 cm³/mol. The molecule has 1 unspecified atom stereocenters. The first-order chi connectivity index (χ1) is 9.02. The maximum absolute atomic E-state index is 13.2. The highest BCUT2D eigenvalue weighted by molar-refractivity contribution is 6.06. The van der Waals surface area contributed by atoms with E-state index in [4.69, 9.17) is 0 Å². The van der Waals surface area contributed by atoms with Crippen molar-refractivity contribution >= 4 is 17.5 Å². The molecule has 1 aromatic rings. The van der Waals surface area contributed by atoms with Crippen LogP contribution < -0.4 is 10.2 Å². The van der Waals surface area contributed by atoms with Crippen molar-refractivity contribution in [2.24, 2.45) is 0 Å². The molecular formula is C13H14F2N2O2. The Balaban J connectivity index is 2.28. The minimum Gasteiger partial charge on any atom is -0.343 e. The van der Waals surface area contributed by atoms with Crippen molar-refractivity contribution < 1.29 is 18.4 Å². The molecule has 1 N–H and O–H groups in total. The van der Waals surface area contributed by atoms with E-state index in [0.29, 0.717) is 6.42 Å². The number of carbonyl (C=O) groups is 2. The number of hydrogen-bond acceptors (Lipinski definition) is 2. The molecule has 0 saturated carbocycles. The molecule has 0 radical (unpaired) electrons. The lowest BCUT2D eigenvalue weighted by Crippen LogP contribution is -2.58. The minimum atomic E-state index is -1.04. The number of halogens is 2. The number of piperazine rings is 1. The quantitative estimate of drug-likeness (QED) is 0.905. The van der Waals surface area contributed by atoms with E-state index in [2.05, 4.69) is 5.32 Å². The molecule has 0 aromatic heterocycles. The second-order valence-corrected chi connectivity index (χ2v) is 4.43. The Hall–Kier alpha value is -1.98. The molecule has 1 saturated heterocycles. The topological polar surface area (TPSA) is 49.4 Å². The van der Waals surface area contributed by atoms with Crippen LogP contribution in [-0.2, 0) is 9.59 Å². The summed E-state index contributed by atoms with van der Waals surface area (Å²) in [6.45, 7) is 1.72. The summed E-state index contributed by atoms with van der Waals surface area (Å²) in [5.74, 6) is -2.62. The monoisotopic (exact) mass is 268 g/mol. The highest BCUT2D eigenvalue weighted by Crippen LogP contribution is 2.21. The third kappa shape index (κ3) is 2.72. The van der Waals surface area contributed by atoms with Crippen LogP contribution in [0, 0.1) is 11.6 Å². The van der Waals surface area contributed by atoms with Gasteiger partial charge in [0.05, 0.1) is 0 Å². The lowest BCUT2D eigenvalue weighted by molar-refractivity contribution is -0.131. The van der Waals surface area contributed by atoms with Gasteiger partial charge in [0.15, 0.2) is 11.6 Å². The van der Waals surface area contributed by atoms with E-state index in [-0.39, 0.29) is 24.0 Å². The number of nitrogens with zero attached hydrogens (tertiary/aromatic N) is 1. The Kier molecular flexibility index (Phi) is 3.78. The number of anilines is 1. The number of hydrogen-bond donors (Lipinski definition) is 1. The Morgan fingerprint density at radius 3 is 2.68 bits per heavy atom. The van der Waals surface area contributed by atoms with Gasteiger partial charge in [-0.3, -0.25) is 9.59 Å². The van der Waals surface area contributed by atoms with E-state index < -0.39 is 17.7 Å². The first kappa shape index (κ1) is 13.5. The molecule has 19 heavy (non-hydrogen) atoms. The zero-order valence-corrected chi connectivity index (χ0v) is 10.5. The molecule has 1 atom stereocenters. The second-order valence-electron chi connectivity index (χ2n) is 4.43. The average Bonchev–Trinajstić information content (AvgIpc) is 2.37. The lowest BCUT2D eigenvalue weighted by atomic mass is 10.1. The summed E-state index contributed by atoms with van der Waals surface area (Å²) >= 11 is 0. The van der Waals surface area contributed by atoms with Gasteiger partial charge in [-0.1, -0.05) is 13.3 Å². The first-order valence-corrected chi connectivity index (χ1v) is 6.08. The van der Waals surface area contributed by atoms with E-state index in [1.165, 1.54) is 11.0 Å². The first-order valence-electron chi connectivity index (χ1n) is 6.08. The summed E-state index contributed by atoms with van der Waals surface area (Å²) in [7, 11) is 0. The number of nitrogens with one attached hydrogen (secondary N) is 1. The molecule has 1 fully saturated rings. The van der Waals surface area contributed by atoms with Crippen molar-refractivity contribution in [3.63, 3.8) is 0 Å². The summed E-state index contributed by atoms with van der Waals surface area (Å²) in [6, 6.07) is 2.56. The van der Waals surface area contributed by atoms with Gasteiger partial charge < -0.3 is 10.2 Å². The van der Waals surface area contributed by atoms with E-state index in [1.807, 2.05) is 6.92 Å². The van der Waals surface area contributed by atoms with Crippen LogP contribution in [0.4, 0.5) is 14.5 Å². The normalized spacial score (nSPS) is 19.5. The fourth-order valence-electron chi connectivity index (χ4n) is 2.07. The van der Waals surface area contributed by atoms with Gasteiger partial charge in [0.1, 0.15) is 12.6 Å². The van der Waals surface area contributed by atoms with Crippen molar-refractivity contribution in [1.29, 1.82) is 0 Å². The highest BCUT2D eigenvalue weighted by Gasteiger charge is 2.33. The number of amides is 2. The van der Waals surface area contributed by atoms with E-state index in [1.54, 1.807) is 0 Å². The van der Waals surface area contributed by atoms with Crippen LogP contribution in [-0.4, -0.2) is 24.4 Å². The van der Waals surface area contributed by atoms with Gasteiger partial charge in [-0.2, -0.15) is 0 Å². The molecule has 0 aliphatic carbocycles. The Morgan fingerprint density at radius 1 is 1.32 bits per heavy atom. The third-order valence-corrected chi connectivity index (χ3v) is 2.99. The fourth-order valence-corrected chi connectivity index (χ4v) is 2.07. The molecule has 0 bridgehead atoms. The average molecular weight is 268 g/mol. The van der Waals surface area contributed by atoms with E-state index in [0.717, 1.165) is 18.6 Å². The van der Waals surface area contributed by atoms with Crippen molar-refractivity contribution in [2.45, 2.75) is 25.8 Å². The SMILES string of the molecule is CCCC1NC(=O)CN(c2ccc(F)c(F)c2)C1=O. The Labute approximate surface area is 109 Å². The molecule has 6 heteroatoms. The highest BCUT2D eigenvalue weighted by atomic mass is 19.2. The van der Waals surface area contributed by atoms with Gasteiger partial charge in [0.2, 0.25) is 11.8 Å². The van der Waals surface area contributed by atoms with Crippen LogP contribution in [0.5, 0.6) is 0 Å². The van der Waals surface area contributed by atoms with Crippen molar-refractivity contribution in [3.05, 3.63) is 29.8 Å². The molecule has 1 aliphatic heterocycles. The third-order valence-electron chi connectivity index (χ3n) is 2.99. The van der Waals surface area contributed by atoms with Gasteiger partial charge in [0.25, 0.3) is 0 Å². The van der Waals surface area contributed by atoms with Crippen LogP contribution in [0.3, 0.4) is 0 Å². The van der Waals surface area contributed by atoms with Crippen LogP contribution in [0.2, 0.25) is 0 Å². The van der Waals surface area contributed by atoms with Gasteiger partial charge in [-0.25, -0.2) is 8.78 Å². The van der Waals surface area contributed by atoms with Gasteiger partial charge >= 0.3 is 0 Å². The Morgan fingerprint density at radius 2 is 2.05 bits per heavy atom. The number of rotatable bonds is 3. The predicted octanol–water partition coefficient (Wildman–Crippen LogP) is 1.60. The zero-order chi connectivity index (χ0) is 14.0. The molecule has 1 heterocycles. The molecule has 0 spiro atoms. The Bertz CT molecular complexity index is 519. The largest absolute Gasteiger partial charge is 0.343 e. The van der Waals surface area contributed by atoms with E-state index >= 15 is 0 Å². The summed E-state index contributed by atoms with van der Waals surface area (Å²) in [6.07, 6.45) is 1.26. The van der Waals surface area contributed by atoms with E-state index in [9.17, 15) is 18.4 Å². The molecule has 1 aromatic carbocycles. The summed E-state index contributed by atoms with van der Waals surface area (Å²) < 4.78 is 26.1. The maximum atomic E-state index is 13.2. The van der Waals surface area contributed by atoms with Gasteiger partial charge in [0, 0.05) is 11.8 Å². The van der Waals surface area contributed by atoms with Gasteiger partial charge in [-0.05, 0) is 18.6 Å². The standard InChI is InChI=1S/C13H14F2N2O2/c1-2-3-11-13(19)17(7-12(18)16-11)8-4-5-9(14)10(15)6-8/h4-6,11H,2-3,7H2,1H3,(H,16,18). The molecule has 102 valence electrons.